The zero-order chi connectivity index (χ0) is 13.8. The summed E-state index contributed by atoms with van der Waals surface area (Å²) in [6.07, 6.45) is 2.80. The summed E-state index contributed by atoms with van der Waals surface area (Å²) in [4.78, 5) is 12.0. The van der Waals surface area contributed by atoms with Gasteiger partial charge in [0, 0.05) is 18.2 Å². The van der Waals surface area contributed by atoms with E-state index < -0.39 is 0 Å². The molecule has 1 atom stereocenters. The molecule has 0 spiro atoms. The maximum absolute atomic E-state index is 12.0. The molecule has 2 rings (SSSR count). The molecule has 104 valence electrons. The average molecular weight is 262 g/mol. The Morgan fingerprint density at radius 3 is 2.84 bits per heavy atom. The molecule has 0 saturated carbocycles. The Bertz CT molecular complexity index is 465. The van der Waals surface area contributed by atoms with Crippen LogP contribution in [0.4, 0.5) is 5.69 Å². The molecule has 1 unspecified atom stereocenters. The highest BCUT2D eigenvalue weighted by atomic mass is 16.5. The smallest absolute Gasteiger partial charge is 0.225 e. The fourth-order valence-corrected chi connectivity index (χ4v) is 2.50. The molecule has 1 aromatic carbocycles. The zero-order valence-corrected chi connectivity index (χ0v) is 11.9. The highest BCUT2D eigenvalue weighted by Crippen LogP contribution is 2.26. The van der Waals surface area contributed by atoms with E-state index in [4.69, 9.17) is 4.74 Å². The number of hydrogen-bond donors (Lipinski definition) is 2. The fraction of sp³-hybridized carbons (Fsp3) is 0.533. The van der Waals surface area contributed by atoms with Crippen molar-refractivity contribution in [3.05, 3.63) is 23.3 Å². The quantitative estimate of drug-likeness (QED) is 0.876. The maximum atomic E-state index is 12.0. The van der Waals surface area contributed by atoms with E-state index in [2.05, 4.69) is 10.6 Å². The Kier molecular flexibility index (Phi) is 4.43. The van der Waals surface area contributed by atoms with Crippen LogP contribution in [0.3, 0.4) is 0 Å². The van der Waals surface area contributed by atoms with Crippen LogP contribution in [0.2, 0.25) is 0 Å². The first kappa shape index (κ1) is 13.9. The van der Waals surface area contributed by atoms with Gasteiger partial charge < -0.3 is 15.4 Å². The fourth-order valence-electron chi connectivity index (χ4n) is 2.50. The first-order valence-electron chi connectivity index (χ1n) is 6.78. The summed E-state index contributed by atoms with van der Waals surface area (Å²) in [5.41, 5.74) is 2.93. The summed E-state index contributed by atoms with van der Waals surface area (Å²) in [6, 6.07) is 4.26. The number of carbonyl (C=O) groups is 1. The van der Waals surface area contributed by atoms with Crippen LogP contribution in [0, 0.1) is 13.8 Å². The normalized spacial score (nSPS) is 18.4. The Balaban J connectivity index is 2.01. The lowest BCUT2D eigenvalue weighted by molar-refractivity contribution is -0.116. The van der Waals surface area contributed by atoms with E-state index in [1.165, 1.54) is 6.42 Å². The lowest BCUT2D eigenvalue weighted by Gasteiger charge is -2.14. The summed E-state index contributed by atoms with van der Waals surface area (Å²) in [7, 11) is 1.66. The van der Waals surface area contributed by atoms with Gasteiger partial charge >= 0.3 is 0 Å². The number of aryl methyl sites for hydroxylation is 2. The van der Waals surface area contributed by atoms with Gasteiger partial charge in [-0.05, 0) is 56.5 Å². The minimum atomic E-state index is 0.0760. The third-order valence-electron chi connectivity index (χ3n) is 3.61. The minimum absolute atomic E-state index is 0.0760. The van der Waals surface area contributed by atoms with Crippen LogP contribution in [0.15, 0.2) is 12.1 Å². The average Bonchev–Trinajstić information content (AvgIpc) is 2.86. The van der Waals surface area contributed by atoms with Crippen LogP contribution in [-0.2, 0) is 4.79 Å². The van der Waals surface area contributed by atoms with E-state index in [-0.39, 0.29) is 5.91 Å². The van der Waals surface area contributed by atoms with Crippen molar-refractivity contribution in [1.29, 1.82) is 0 Å². The zero-order valence-electron chi connectivity index (χ0n) is 11.9. The van der Waals surface area contributed by atoms with Crippen molar-refractivity contribution in [2.24, 2.45) is 0 Å². The van der Waals surface area contributed by atoms with E-state index in [1.54, 1.807) is 7.11 Å². The number of anilines is 1. The van der Waals surface area contributed by atoms with Crippen LogP contribution >= 0.6 is 0 Å². The maximum Gasteiger partial charge on any atom is 0.225 e. The van der Waals surface area contributed by atoms with Gasteiger partial charge in [0.2, 0.25) is 5.91 Å². The topological polar surface area (TPSA) is 50.4 Å². The molecular formula is C15H22N2O2. The molecule has 4 heteroatoms. The second-order valence-electron chi connectivity index (χ2n) is 5.18. The second-order valence-corrected chi connectivity index (χ2v) is 5.18. The van der Waals surface area contributed by atoms with Crippen molar-refractivity contribution in [3.8, 4) is 5.75 Å². The van der Waals surface area contributed by atoms with Gasteiger partial charge in [-0.3, -0.25) is 4.79 Å². The summed E-state index contributed by atoms with van der Waals surface area (Å²) >= 11 is 0. The molecule has 1 aliphatic heterocycles. The summed E-state index contributed by atoms with van der Waals surface area (Å²) < 4.78 is 5.27. The van der Waals surface area contributed by atoms with Crippen LogP contribution in [0.5, 0.6) is 5.75 Å². The minimum Gasteiger partial charge on any atom is -0.496 e. The van der Waals surface area contributed by atoms with E-state index >= 15 is 0 Å². The van der Waals surface area contributed by atoms with Gasteiger partial charge in [0.1, 0.15) is 5.75 Å². The molecule has 0 bridgehead atoms. The number of benzene rings is 1. The lowest BCUT2D eigenvalue weighted by atomic mass is 10.1. The number of nitrogens with one attached hydrogen (secondary N) is 2. The number of carbonyl (C=O) groups excluding carboxylic acids is 1. The molecule has 1 aliphatic rings. The molecule has 1 amide bonds. The molecule has 1 aromatic rings. The molecule has 0 radical (unpaired) electrons. The second kappa shape index (κ2) is 6.06. The van der Waals surface area contributed by atoms with E-state index in [9.17, 15) is 4.79 Å². The monoisotopic (exact) mass is 262 g/mol. The molecule has 4 nitrogen and oxygen atoms in total. The van der Waals surface area contributed by atoms with Crippen molar-refractivity contribution < 1.29 is 9.53 Å². The number of rotatable bonds is 4. The predicted octanol–water partition coefficient (Wildman–Crippen LogP) is 2.39. The molecule has 1 fully saturated rings. The van der Waals surface area contributed by atoms with Gasteiger partial charge in [-0.15, -0.1) is 0 Å². The standard InChI is InChI=1S/C15H22N2O2/c1-10-8-14(19-3)11(2)7-13(10)17-15(18)9-12-5-4-6-16-12/h7-8,12,16H,4-6,9H2,1-3H3,(H,17,18). The van der Waals surface area contributed by atoms with Crippen LogP contribution in [-0.4, -0.2) is 25.6 Å². The molecule has 1 saturated heterocycles. The van der Waals surface area contributed by atoms with Gasteiger partial charge in [0.25, 0.3) is 0 Å². The predicted molar refractivity (Wildman–Crippen MR) is 76.7 cm³/mol. The Morgan fingerprint density at radius 1 is 1.42 bits per heavy atom. The van der Waals surface area contributed by atoms with Gasteiger partial charge in [0.15, 0.2) is 0 Å². The molecular weight excluding hydrogens is 240 g/mol. The van der Waals surface area contributed by atoms with E-state index in [0.29, 0.717) is 12.5 Å². The van der Waals surface area contributed by atoms with Gasteiger partial charge in [0.05, 0.1) is 7.11 Å². The molecule has 0 aliphatic carbocycles. The van der Waals surface area contributed by atoms with Crippen molar-refractivity contribution in [2.75, 3.05) is 19.0 Å². The molecule has 1 heterocycles. The van der Waals surface area contributed by atoms with Crippen LogP contribution < -0.4 is 15.4 Å². The Labute approximate surface area is 114 Å². The van der Waals surface area contributed by atoms with Crippen molar-refractivity contribution >= 4 is 11.6 Å². The Morgan fingerprint density at radius 2 is 2.21 bits per heavy atom. The first-order valence-corrected chi connectivity index (χ1v) is 6.78. The van der Waals surface area contributed by atoms with E-state index in [0.717, 1.165) is 35.5 Å². The molecule has 2 N–H and O–H groups in total. The third-order valence-corrected chi connectivity index (χ3v) is 3.61. The van der Waals surface area contributed by atoms with Crippen molar-refractivity contribution in [2.45, 2.75) is 39.2 Å². The van der Waals surface area contributed by atoms with Crippen LogP contribution in [0.1, 0.15) is 30.4 Å². The number of amides is 1. The summed E-state index contributed by atoms with van der Waals surface area (Å²) in [5.74, 6) is 0.931. The number of ether oxygens (including phenoxy) is 1. The van der Waals surface area contributed by atoms with Crippen molar-refractivity contribution in [3.63, 3.8) is 0 Å². The van der Waals surface area contributed by atoms with Gasteiger partial charge in [-0.25, -0.2) is 0 Å². The van der Waals surface area contributed by atoms with Crippen LogP contribution in [0.25, 0.3) is 0 Å². The Hall–Kier alpha value is -1.55. The summed E-state index contributed by atoms with van der Waals surface area (Å²) in [5, 5.41) is 6.33. The SMILES string of the molecule is COc1cc(C)c(NC(=O)CC2CCCN2)cc1C. The summed E-state index contributed by atoms with van der Waals surface area (Å²) in [6.45, 7) is 4.98. The number of methoxy groups -OCH3 is 1. The van der Waals surface area contributed by atoms with E-state index in [1.807, 2.05) is 26.0 Å². The first-order chi connectivity index (χ1) is 9.10. The highest BCUT2D eigenvalue weighted by Gasteiger charge is 2.18. The number of hydrogen-bond acceptors (Lipinski definition) is 3. The third kappa shape index (κ3) is 3.47. The molecule has 19 heavy (non-hydrogen) atoms. The van der Waals surface area contributed by atoms with Gasteiger partial charge in [-0.2, -0.15) is 0 Å². The van der Waals surface area contributed by atoms with Gasteiger partial charge in [-0.1, -0.05) is 0 Å². The highest BCUT2D eigenvalue weighted by molar-refractivity contribution is 5.92. The molecule has 0 aromatic heterocycles. The van der Waals surface area contributed by atoms with Crippen molar-refractivity contribution in [1.82, 2.24) is 5.32 Å². The largest absolute Gasteiger partial charge is 0.496 e. The lowest BCUT2D eigenvalue weighted by Crippen LogP contribution is -2.27.